The van der Waals surface area contributed by atoms with E-state index in [-0.39, 0.29) is 12.0 Å². The number of esters is 1. The monoisotopic (exact) mass is 298 g/mol. The number of hydrogen-bond acceptors (Lipinski definition) is 4. The van der Waals surface area contributed by atoms with Crippen LogP contribution >= 0.6 is 0 Å². The van der Waals surface area contributed by atoms with Gasteiger partial charge >= 0.3 is 5.97 Å². The van der Waals surface area contributed by atoms with E-state index >= 15 is 0 Å². The van der Waals surface area contributed by atoms with Gasteiger partial charge in [-0.1, -0.05) is 26.2 Å². The van der Waals surface area contributed by atoms with Crippen molar-refractivity contribution in [1.29, 1.82) is 0 Å². The van der Waals surface area contributed by atoms with Gasteiger partial charge in [-0.3, -0.25) is 10.1 Å². The summed E-state index contributed by atoms with van der Waals surface area (Å²) in [4.78, 5) is 14.7. The van der Waals surface area contributed by atoms with Crippen LogP contribution in [-0.4, -0.2) is 48.7 Å². The maximum Gasteiger partial charge on any atom is 0.325 e. The third-order valence-electron chi connectivity index (χ3n) is 4.64. The minimum Gasteiger partial charge on any atom is -0.468 e. The van der Waals surface area contributed by atoms with Crippen molar-refractivity contribution in [2.75, 3.05) is 20.2 Å². The van der Waals surface area contributed by atoms with Crippen molar-refractivity contribution in [2.45, 2.75) is 83.8 Å². The van der Waals surface area contributed by atoms with Gasteiger partial charge in [0.2, 0.25) is 0 Å². The van der Waals surface area contributed by atoms with E-state index in [9.17, 15) is 4.79 Å². The second-order valence-electron chi connectivity index (χ2n) is 6.79. The quantitative estimate of drug-likeness (QED) is 0.700. The van der Waals surface area contributed by atoms with Crippen LogP contribution in [-0.2, 0) is 9.53 Å². The van der Waals surface area contributed by atoms with Crippen LogP contribution in [0.3, 0.4) is 0 Å². The predicted octanol–water partition coefficient (Wildman–Crippen LogP) is 2.96. The van der Waals surface area contributed by atoms with Gasteiger partial charge in [0.15, 0.2) is 0 Å². The minimum absolute atomic E-state index is 0.157. The summed E-state index contributed by atoms with van der Waals surface area (Å²) in [5.41, 5.74) is -0.592. The van der Waals surface area contributed by atoms with Crippen LogP contribution < -0.4 is 5.32 Å². The van der Waals surface area contributed by atoms with Crippen LogP contribution in [0.2, 0.25) is 0 Å². The summed E-state index contributed by atoms with van der Waals surface area (Å²) in [6.07, 6.45) is 7.48. The molecule has 0 aromatic carbocycles. The summed E-state index contributed by atoms with van der Waals surface area (Å²) in [6.45, 7) is 10.3. The van der Waals surface area contributed by atoms with Crippen molar-refractivity contribution in [1.82, 2.24) is 10.2 Å². The van der Waals surface area contributed by atoms with Crippen LogP contribution in [0.15, 0.2) is 0 Å². The highest BCUT2D eigenvalue weighted by molar-refractivity contribution is 5.80. The lowest BCUT2D eigenvalue weighted by molar-refractivity contribution is -0.148. The van der Waals surface area contributed by atoms with E-state index in [4.69, 9.17) is 4.74 Å². The summed E-state index contributed by atoms with van der Waals surface area (Å²) >= 11 is 0. The first-order valence-corrected chi connectivity index (χ1v) is 8.53. The molecule has 4 nitrogen and oxygen atoms in total. The first-order valence-electron chi connectivity index (χ1n) is 8.53. The molecule has 4 heteroatoms. The zero-order chi connectivity index (χ0) is 15.9. The maximum atomic E-state index is 12.1. The molecule has 1 rings (SSSR count). The molecule has 0 bridgehead atoms. The highest BCUT2D eigenvalue weighted by Crippen LogP contribution is 2.24. The number of methoxy groups -OCH3 is 1. The molecule has 1 fully saturated rings. The Hall–Kier alpha value is -0.610. The zero-order valence-corrected chi connectivity index (χ0v) is 14.6. The molecule has 0 saturated heterocycles. The summed E-state index contributed by atoms with van der Waals surface area (Å²) in [5, 5.41) is 3.39. The van der Waals surface area contributed by atoms with Crippen LogP contribution in [0.4, 0.5) is 0 Å². The molecular weight excluding hydrogens is 264 g/mol. The Kier molecular flexibility index (Phi) is 7.67. The molecule has 1 aliphatic carbocycles. The number of hydrogen-bond donors (Lipinski definition) is 1. The molecule has 21 heavy (non-hydrogen) atoms. The van der Waals surface area contributed by atoms with Gasteiger partial charge in [0.25, 0.3) is 0 Å². The Labute approximate surface area is 130 Å². The minimum atomic E-state index is -0.592. The van der Waals surface area contributed by atoms with Gasteiger partial charge in [0, 0.05) is 18.6 Å². The fourth-order valence-electron chi connectivity index (χ4n) is 3.51. The topological polar surface area (TPSA) is 41.6 Å². The summed E-state index contributed by atoms with van der Waals surface area (Å²) in [6, 6.07) is 0.962. The number of ether oxygens (including phenoxy) is 1. The van der Waals surface area contributed by atoms with Gasteiger partial charge in [-0.05, 0) is 46.6 Å². The first-order chi connectivity index (χ1) is 9.92. The highest BCUT2D eigenvalue weighted by Gasteiger charge is 2.35. The Morgan fingerprint density at radius 3 is 2.43 bits per heavy atom. The van der Waals surface area contributed by atoms with E-state index in [0.717, 1.165) is 19.5 Å². The Morgan fingerprint density at radius 1 is 1.33 bits per heavy atom. The van der Waals surface area contributed by atoms with Crippen LogP contribution in [0.1, 0.15) is 66.2 Å². The van der Waals surface area contributed by atoms with Crippen LogP contribution in [0, 0.1) is 0 Å². The van der Waals surface area contributed by atoms with E-state index in [1.165, 1.54) is 39.2 Å². The summed E-state index contributed by atoms with van der Waals surface area (Å²) < 4.78 is 5.01. The third-order valence-corrected chi connectivity index (χ3v) is 4.64. The zero-order valence-electron chi connectivity index (χ0n) is 14.6. The number of nitrogens with zero attached hydrogens (tertiary/aromatic N) is 1. The summed E-state index contributed by atoms with van der Waals surface area (Å²) in [7, 11) is 1.47. The number of carbonyl (C=O) groups excluding carboxylic acids is 1. The first kappa shape index (κ1) is 18.4. The molecule has 1 aliphatic rings. The molecule has 1 unspecified atom stereocenters. The lowest BCUT2D eigenvalue weighted by Gasteiger charge is -2.37. The van der Waals surface area contributed by atoms with Crippen LogP contribution in [0.25, 0.3) is 0 Å². The van der Waals surface area contributed by atoms with Gasteiger partial charge in [-0.15, -0.1) is 0 Å². The molecule has 1 saturated carbocycles. The number of nitrogens with one attached hydrogen (secondary N) is 1. The number of rotatable bonds is 8. The van der Waals surface area contributed by atoms with E-state index in [1.807, 2.05) is 6.92 Å². The third kappa shape index (κ3) is 5.59. The lowest BCUT2D eigenvalue weighted by atomic mass is 9.92. The lowest BCUT2D eigenvalue weighted by Crippen LogP contribution is -2.55. The van der Waals surface area contributed by atoms with E-state index in [1.54, 1.807) is 0 Å². The molecule has 0 aliphatic heterocycles. The van der Waals surface area contributed by atoms with Crippen molar-refractivity contribution in [2.24, 2.45) is 0 Å². The van der Waals surface area contributed by atoms with Crippen LogP contribution in [0.5, 0.6) is 0 Å². The highest BCUT2D eigenvalue weighted by atomic mass is 16.5. The Bertz CT molecular complexity index is 314. The predicted molar refractivity (Wildman–Crippen MR) is 87.4 cm³/mol. The SMILES string of the molecule is CCN(CCC(C)(NC(C)C)C(=O)OC)C1CCCCC1. The molecule has 0 radical (unpaired) electrons. The normalized spacial score (nSPS) is 19.8. The van der Waals surface area contributed by atoms with Gasteiger partial charge in [-0.2, -0.15) is 0 Å². The standard InChI is InChI=1S/C17H34N2O2/c1-6-19(15-10-8-7-9-11-15)13-12-17(4,16(20)21-5)18-14(2)3/h14-15,18H,6-13H2,1-5H3. The van der Waals surface area contributed by atoms with Gasteiger partial charge in [0.05, 0.1) is 7.11 Å². The molecule has 0 spiro atoms. The van der Waals surface area contributed by atoms with E-state index < -0.39 is 5.54 Å². The number of carbonyl (C=O) groups is 1. The molecule has 1 N–H and O–H groups in total. The fraction of sp³-hybridized carbons (Fsp3) is 0.941. The Balaban J connectivity index is 2.62. The maximum absolute atomic E-state index is 12.1. The van der Waals surface area contributed by atoms with Crippen molar-refractivity contribution < 1.29 is 9.53 Å². The molecule has 1 atom stereocenters. The molecule has 124 valence electrons. The Morgan fingerprint density at radius 2 is 1.95 bits per heavy atom. The van der Waals surface area contributed by atoms with Gasteiger partial charge < -0.3 is 9.64 Å². The van der Waals surface area contributed by atoms with Crippen molar-refractivity contribution in [3.05, 3.63) is 0 Å². The molecular formula is C17H34N2O2. The van der Waals surface area contributed by atoms with Crippen molar-refractivity contribution in [3.8, 4) is 0 Å². The molecule has 0 aromatic rings. The van der Waals surface area contributed by atoms with Gasteiger partial charge in [-0.25, -0.2) is 0 Å². The second-order valence-corrected chi connectivity index (χ2v) is 6.79. The average Bonchev–Trinajstić information content (AvgIpc) is 2.47. The average molecular weight is 298 g/mol. The largest absolute Gasteiger partial charge is 0.468 e. The smallest absolute Gasteiger partial charge is 0.325 e. The molecule has 0 heterocycles. The van der Waals surface area contributed by atoms with Crippen molar-refractivity contribution in [3.63, 3.8) is 0 Å². The summed E-state index contributed by atoms with van der Waals surface area (Å²) in [5.74, 6) is -0.157. The van der Waals surface area contributed by atoms with Crippen molar-refractivity contribution >= 4 is 5.97 Å². The fourth-order valence-corrected chi connectivity index (χ4v) is 3.51. The molecule has 0 amide bonds. The van der Waals surface area contributed by atoms with Gasteiger partial charge in [0.1, 0.15) is 5.54 Å². The van der Waals surface area contributed by atoms with E-state index in [0.29, 0.717) is 6.04 Å². The molecule has 0 aromatic heterocycles. The second kappa shape index (κ2) is 8.74. The van der Waals surface area contributed by atoms with E-state index in [2.05, 4.69) is 31.0 Å².